The van der Waals surface area contributed by atoms with Crippen molar-refractivity contribution in [2.45, 2.75) is 44.5 Å². The lowest BCUT2D eigenvalue weighted by Gasteiger charge is -2.32. The lowest BCUT2D eigenvalue weighted by atomic mass is 9.91. The fourth-order valence-corrected chi connectivity index (χ4v) is 6.14. The highest BCUT2D eigenvalue weighted by Gasteiger charge is 2.37. The minimum absolute atomic E-state index is 0.139. The van der Waals surface area contributed by atoms with Crippen LogP contribution in [0.25, 0.3) is 5.65 Å². The van der Waals surface area contributed by atoms with Crippen LogP contribution in [0.2, 0.25) is 0 Å². The molecule has 1 atom stereocenters. The van der Waals surface area contributed by atoms with Crippen LogP contribution < -0.4 is 15.1 Å². The van der Waals surface area contributed by atoms with E-state index in [0.717, 1.165) is 17.1 Å². The molecule has 0 radical (unpaired) electrons. The van der Waals surface area contributed by atoms with E-state index in [1.807, 2.05) is 29.3 Å². The smallest absolute Gasteiger partial charge is 0.258 e. The predicted octanol–water partition coefficient (Wildman–Crippen LogP) is 2.51. The fourth-order valence-electron chi connectivity index (χ4n) is 4.82. The maximum absolute atomic E-state index is 13.3. The molecule has 0 spiro atoms. The van der Waals surface area contributed by atoms with Crippen LogP contribution in [0.3, 0.4) is 0 Å². The van der Waals surface area contributed by atoms with Crippen molar-refractivity contribution in [1.29, 1.82) is 0 Å². The number of benzene rings is 1. The van der Waals surface area contributed by atoms with Crippen LogP contribution in [-0.2, 0) is 10.0 Å². The number of hydrogen-bond acceptors (Lipinski definition) is 8. The maximum atomic E-state index is 13.3. The normalized spacial score (nSPS) is 19.4. The molecule has 2 aromatic heterocycles. The van der Waals surface area contributed by atoms with E-state index >= 15 is 0 Å². The summed E-state index contributed by atoms with van der Waals surface area (Å²) in [6.07, 6.45) is 6.39. The van der Waals surface area contributed by atoms with Crippen molar-refractivity contribution in [2.75, 3.05) is 25.2 Å². The van der Waals surface area contributed by atoms with Gasteiger partial charge in [0.25, 0.3) is 5.91 Å². The monoisotopic (exact) mass is 525 g/mol. The molecule has 0 aliphatic carbocycles. The van der Waals surface area contributed by atoms with E-state index in [0.29, 0.717) is 43.6 Å². The molecule has 196 valence electrons. The molecule has 1 aromatic carbocycles. The van der Waals surface area contributed by atoms with Gasteiger partial charge < -0.3 is 10.1 Å². The van der Waals surface area contributed by atoms with Crippen molar-refractivity contribution in [3.8, 4) is 5.75 Å². The highest BCUT2D eigenvalue weighted by molar-refractivity contribution is 7.89. The van der Waals surface area contributed by atoms with Gasteiger partial charge in [-0.05, 0) is 57.0 Å². The Labute approximate surface area is 216 Å². The second-order valence-corrected chi connectivity index (χ2v) is 12.0. The van der Waals surface area contributed by atoms with Gasteiger partial charge >= 0.3 is 0 Å². The standard InChI is InChI=1S/C25H31N7O4S/c1-17(2)37(34,35)30-13-9-18(10-14-30)22-15-23(32(29-22)19-5-7-20(36-3)8-6-19)28-25(33)21-16-27-31-12-4-11-26-24(21)31/h4-8,11-12,16-18,23H,9-10,13-15H2,1-3H3,(H,28,33). The molecular formula is C25H31N7O4S. The number of piperidine rings is 1. The van der Waals surface area contributed by atoms with E-state index in [9.17, 15) is 13.2 Å². The number of hydrazone groups is 1. The number of sulfonamides is 1. The molecular weight excluding hydrogens is 494 g/mol. The molecule has 1 saturated heterocycles. The Balaban J connectivity index is 1.36. The van der Waals surface area contributed by atoms with Crippen LogP contribution in [0.1, 0.15) is 43.5 Å². The van der Waals surface area contributed by atoms with E-state index < -0.39 is 21.4 Å². The SMILES string of the molecule is COc1ccc(N2N=C(C3CCN(S(=O)(=O)C(C)C)CC3)CC2NC(=O)c2cnn3cccnc23)cc1. The van der Waals surface area contributed by atoms with Gasteiger partial charge in [0, 0.05) is 43.5 Å². The molecule has 1 amide bonds. The van der Waals surface area contributed by atoms with E-state index in [4.69, 9.17) is 9.84 Å². The average molecular weight is 526 g/mol. The van der Waals surface area contributed by atoms with Crippen LogP contribution in [0.4, 0.5) is 5.69 Å². The van der Waals surface area contributed by atoms with Crippen molar-refractivity contribution in [1.82, 2.24) is 24.2 Å². The van der Waals surface area contributed by atoms with E-state index in [1.165, 1.54) is 6.20 Å². The fraction of sp³-hybridized carbons (Fsp3) is 0.440. The number of hydrogen-bond donors (Lipinski definition) is 1. The second-order valence-electron chi connectivity index (χ2n) is 9.54. The molecule has 3 aromatic rings. The number of methoxy groups -OCH3 is 1. The third-order valence-electron chi connectivity index (χ3n) is 6.97. The van der Waals surface area contributed by atoms with Crippen molar-refractivity contribution in [2.24, 2.45) is 11.0 Å². The molecule has 1 fully saturated rings. The number of aromatic nitrogens is 3. The Morgan fingerprint density at radius 2 is 1.89 bits per heavy atom. The number of nitrogens with zero attached hydrogens (tertiary/aromatic N) is 6. The maximum Gasteiger partial charge on any atom is 0.258 e. The Morgan fingerprint density at radius 1 is 1.16 bits per heavy atom. The molecule has 4 heterocycles. The zero-order chi connectivity index (χ0) is 26.2. The van der Waals surface area contributed by atoms with Crippen LogP contribution in [0.15, 0.2) is 54.0 Å². The summed E-state index contributed by atoms with van der Waals surface area (Å²) in [6, 6.07) is 9.26. The summed E-state index contributed by atoms with van der Waals surface area (Å²) in [6.45, 7) is 4.36. The first-order chi connectivity index (χ1) is 17.8. The summed E-state index contributed by atoms with van der Waals surface area (Å²) in [4.78, 5) is 17.6. The second kappa shape index (κ2) is 10.1. The Morgan fingerprint density at radius 3 is 2.57 bits per heavy atom. The first-order valence-corrected chi connectivity index (χ1v) is 13.9. The number of carbonyl (C=O) groups is 1. The zero-order valence-corrected chi connectivity index (χ0v) is 21.9. The van der Waals surface area contributed by atoms with Crippen LogP contribution in [-0.4, -0.2) is 70.6 Å². The van der Waals surface area contributed by atoms with Gasteiger partial charge in [-0.25, -0.2) is 27.2 Å². The first-order valence-electron chi connectivity index (χ1n) is 12.4. The van der Waals surface area contributed by atoms with Crippen molar-refractivity contribution < 1.29 is 17.9 Å². The summed E-state index contributed by atoms with van der Waals surface area (Å²) in [5.74, 6) is 0.579. The summed E-state index contributed by atoms with van der Waals surface area (Å²) >= 11 is 0. The number of anilines is 1. The summed E-state index contributed by atoms with van der Waals surface area (Å²) in [5, 5.41) is 13.6. The third kappa shape index (κ3) is 4.90. The Hall–Kier alpha value is -3.51. The highest BCUT2D eigenvalue weighted by Crippen LogP contribution is 2.31. The Kier molecular flexibility index (Phi) is 6.86. The Bertz CT molecular complexity index is 1410. The van der Waals surface area contributed by atoms with Gasteiger partial charge in [0.15, 0.2) is 5.65 Å². The molecule has 0 bridgehead atoms. The summed E-state index contributed by atoms with van der Waals surface area (Å²) in [5.41, 5.74) is 2.64. The molecule has 1 unspecified atom stereocenters. The van der Waals surface area contributed by atoms with Gasteiger partial charge in [0.2, 0.25) is 10.0 Å². The highest BCUT2D eigenvalue weighted by atomic mass is 32.2. The van der Waals surface area contributed by atoms with Gasteiger partial charge in [-0.15, -0.1) is 0 Å². The lowest BCUT2D eigenvalue weighted by Crippen LogP contribution is -2.44. The molecule has 1 N–H and O–H groups in total. The lowest BCUT2D eigenvalue weighted by molar-refractivity contribution is 0.0940. The van der Waals surface area contributed by atoms with Crippen molar-refractivity contribution in [3.63, 3.8) is 0 Å². The molecule has 2 aliphatic heterocycles. The van der Waals surface area contributed by atoms with E-state index in [1.54, 1.807) is 48.2 Å². The average Bonchev–Trinajstić information content (AvgIpc) is 3.53. The number of amides is 1. The van der Waals surface area contributed by atoms with Gasteiger partial charge in [-0.3, -0.25) is 4.79 Å². The molecule has 37 heavy (non-hydrogen) atoms. The zero-order valence-electron chi connectivity index (χ0n) is 21.1. The van der Waals surface area contributed by atoms with Gasteiger partial charge in [-0.1, -0.05) is 0 Å². The van der Waals surface area contributed by atoms with Crippen molar-refractivity contribution in [3.05, 3.63) is 54.5 Å². The van der Waals surface area contributed by atoms with Crippen molar-refractivity contribution >= 4 is 33.0 Å². The summed E-state index contributed by atoms with van der Waals surface area (Å²) in [7, 11) is -1.67. The van der Waals surface area contributed by atoms with Gasteiger partial charge in [0.05, 0.1) is 24.2 Å². The van der Waals surface area contributed by atoms with Crippen LogP contribution in [0.5, 0.6) is 5.75 Å². The molecule has 5 rings (SSSR count). The van der Waals surface area contributed by atoms with Crippen LogP contribution >= 0.6 is 0 Å². The number of rotatable bonds is 7. The number of carbonyl (C=O) groups excluding carboxylic acids is 1. The number of nitrogens with one attached hydrogen (secondary N) is 1. The number of fused-ring (bicyclic) bond motifs is 1. The van der Waals surface area contributed by atoms with E-state index in [2.05, 4.69) is 15.4 Å². The van der Waals surface area contributed by atoms with Crippen LogP contribution in [0, 0.1) is 5.92 Å². The molecule has 2 aliphatic rings. The third-order valence-corrected chi connectivity index (χ3v) is 9.25. The number of ether oxygens (including phenoxy) is 1. The quantitative estimate of drug-likeness (QED) is 0.503. The predicted molar refractivity (Wildman–Crippen MR) is 140 cm³/mol. The van der Waals surface area contributed by atoms with Gasteiger partial charge in [0.1, 0.15) is 17.5 Å². The minimum atomic E-state index is -3.28. The largest absolute Gasteiger partial charge is 0.497 e. The minimum Gasteiger partial charge on any atom is -0.497 e. The topological polar surface area (TPSA) is 122 Å². The molecule has 0 saturated carbocycles. The first kappa shape index (κ1) is 25.2. The summed E-state index contributed by atoms with van der Waals surface area (Å²) < 4.78 is 33.6. The molecule has 11 nitrogen and oxygen atoms in total. The molecule has 12 heteroatoms. The van der Waals surface area contributed by atoms with E-state index in [-0.39, 0.29) is 11.8 Å². The van der Waals surface area contributed by atoms with Gasteiger partial charge in [-0.2, -0.15) is 10.2 Å².